The number of amides is 1. The van der Waals surface area contributed by atoms with Gasteiger partial charge in [-0.15, -0.1) is 0 Å². The second-order valence-corrected chi connectivity index (χ2v) is 6.75. The van der Waals surface area contributed by atoms with Crippen molar-refractivity contribution in [3.8, 4) is 0 Å². The van der Waals surface area contributed by atoms with Gasteiger partial charge in [-0.1, -0.05) is 17.7 Å². The Labute approximate surface area is 124 Å². The van der Waals surface area contributed by atoms with Gasteiger partial charge in [-0.3, -0.25) is 4.79 Å². The number of carbonyl (C=O) groups is 1. The standard InChI is InChI=1S/C14H19N3O3S/c1-10-2-3-12(8-13(10)14(15)18)21(19,20)17-9-11-4-6-16-7-5-11/h2-4,8,16-17H,5-7,9H2,1H3,(H2,15,18). The Morgan fingerprint density at radius 3 is 2.81 bits per heavy atom. The van der Waals surface area contributed by atoms with E-state index in [1.807, 2.05) is 6.08 Å². The van der Waals surface area contributed by atoms with Crippen LogP contribution in [0.5, 0.6) is 0 Å². The third-order valence-electron chi connectivity index (χ3n) is 3.43. The normalized spacial score (nSPS) is 15.6. The molecule has 1 aliphatic rings. The highest BCUT2D eigenvalue weighted by Gasteiger charge is 2.17. The molecule has 4 N–H and O–H groups in total. The Balaban J connectivity index is 2.17. The third kappa shape index (κ3) is 3.90. The van der Waals surface area contributed by atoms with Gasteiger partial charge in [0.15, 0.2) is 0 Å². The summed E-state index contributed by atoms with van der Waals surface area (Å²) in [6, 6.07) is 4.37. The van der Waals surface area contributed by atoms with Crippen molar-refractivity contribution in [3.63, 3.8) is 0 Å². The maximum absolute atomic E-state index is 12.3. The molecule has 1 amide bonds. The van der Waals surface area contributed by atoms with Crippen molar-refractivity contribution in [1.82, 2.24) is 10.0 Å². The zero-order valence-corrected chi connectivity index (χ0v) is 12.7. The fraction of sp³-hybridized carbons (Fsp3) is 0.357. The van der Waals surface area contributed by atoms with E-state index in [-0.39, 0.29) is 17.0 Å². The molecule has 0 saturated heterocycles. The van der Waals surface area contributed by atoms with Crippen LogP contribution in [0.3, 0.4) is 0 Å². The lowest BCUT2D eigenvalue weighted by molar-refractivity contribution is 0.0999. The smallest absolute Gasteiger partial charge is 0.249 e. The first-order valence-electron chi connectivity index (χ1n) is 6.69. The van der Waals surface area contributed by atoms with Crippen molar-refractivity contribution in [2.45, 2.75) is 18.2 Å². The predicted octanol–water partition coefficient (Wildman–Crippen LogP) is 0.292. The Morgan fingerprint density at radius 1 is 1.43 bits per heavy atom. The molecule has 0 saturated carbocycles. The molecule has 0 unspecified atom stereocenters. The van der Waals surface area contributed by atoms with Gasteiger partial charge in [0.1, 0.15) is 0 Å². The minimum Gasteiger partial charge on any atom is -0.366 e. The molecule has 1 aromatic rings. The molecule has 0 atom stereocenters. The number of nitrogens with two attached hydrogens (primary N) is 1. The quantitative estimate of drug-likeness (QED) is 0.681. The fourth-order valence-electron chi connectivity index (χ4n) is 2.13. The number of nitrogens with one attached hydrogen (secondary N) is 2. The molecule has 1 aliphatic heterocycles. The molecular weight excluding hydrogens is 290 g/mol. The molecule has 0 fully saturated rings. The fourth-order valence-corrected chi connectivity index (χ4v) is 3.20. The van der Waals surface area contributed by atoms with Crippen molar-refractivity contribution < 1.29 is 13.2 Å². The molecule has 21 heavy (non-hydrogen) atoms. The van der Waals surface area contributed by atoms with E-state index >= 15 is 0 Å². The molecule has 7 heteroatoms. The molecule has 1 heterocycles. The second kappa shape index (κ2) is 6.38. The molecule has 114 valence electrons. The van der Waals surface area contributed by atoms with Gasteiger partial charge in [0.2, 0.25) is 15.9 Å². The zero-order chi connectivity index (χ0) is 15.5. The summed E-state index contributed by atoms with van der Waals surface area (Å²) in [7, 11) is -3.65. The Bertz CT molecular complexity index is 681. The van der Waals surface area contributed by atoms with Crippen molar-refractivity contribution in [3.05, 3.63) is 41.0 Å². The van der Waals surface area contributed by atoms with Crippen LogP contribution < -0.4 is 15.8 Å². The minimum absolute atomic E-state index is 0.0523. The lowest BCUT2D eigenvalue weighted by Crippen LogP contribution is -2.30. The van der Waals surface area contributed by atoms with Crippen LogP contribution in [0, 0.1) is 6.92 Å². The average molecular weight is 309 g/mol. The number of carbonyl (C=O) groups excluding carboxylic acids is 1. The first-order chi connectivity index (χ1) is 9.90. The average Bonchev–Trinajstić information content (AvgIpc) is 2.46. The SMILES string of the molecule is Cc1ccc(S(=O)(=O)NCC2=CCNCC2)cc1C(N)=O. The monoisotopic (exact) mass is 309 g/mol. The summed E-state index contributed by atoms with van der Waals surface area (Å²) in [6.07, 6.45) is 2.80. The Morgan fingerprint density at radius 2 is 2.19 bits per heavy atom. The van der Waals surface area contributed by atoms with Gasteiger partial charge in [0.25, 0.3) is 0 Å². The Kier molecular flexibility index (Phi) is 4.76. The summed E-state index contributed by atoms with van der Waals surface area (Å²) < 4.78 is 27.1. The summed E-state index contributed by atoms with van der Waals surface area (Å²) in [5.41, 5.74) is 7.18. The second-order valence-electron chi connectivity index (χ2n) is 4.98. The van der Waals surface area contributed by atoms with Crippen LogP contribution in [0.1, 0.15) is 22.3 Å². The van der Waals surface area contributed by atoms with Crippen LogP contribution in [0.25, 0.3) is 0 Å². The minimum atomic E-state index is -3.65. The third-order valence-corrected chi connectivity index (χ3v) is 4.83. The number of aryl methyl sites for hydroxylation is 1. The van der Waals surface area contributed by atoms with Crippen molar-refractivity contribution >= 4 is 15.9 Å². The summed E-state index contributed by atoms with van der Waals surface area (Å²) in [4.78, 5) is 11.3. The molecule has 0 aliphatic carbocycles. The highest BCUT2D eigenvalue weighted by atomic mass is 32.2. The van der Waals surface area contributed by atoms with Crippen LogP contribution in [-0.2, 0) is 10.0 Å². The van der Waals surface area contributed by atoms with Crippen LogP contribution >= 0.6 is 0 Å². The van der Waals surface area contributed by atoms with Gasteiger partial charge in [0, 0.05) is 18.7 Å². The topological polar surface area (TPSA) is 101 Å². The first kappa shape index (κ1) is 15.7. The molecular formula is C14H19N3O3S. The van der Waals surface area contributed by atoms with Gasteiger partial charge in [0.05, 0.1) is 4.90 Å². The number of hydrogen-bond acceptors (Lipinski definition) is 4. The maximum atomic E-state index is 12.3. The van der Waals surface area contributed by atoms with Crippen molar-refractivity contribution in [2.24, 2.45) is 5.73 Å². The molecule has 0 spiro atoms. The van der Waals surface area contributed by atoms with Crippen LogP contribution in [0.15, 0.2) is 34.7 Å². The van der Waals surface area contributed by atoms with E-state index in [1.54, 1.807) is 13.0 Å². The molecule has 1 aromatic carbocycles. The van der Waals surface area contributed by atoms with Crippen molar-refractivity contribution in [1.29, 1.82) is 0 Å². The van der Waals surface area contributed by atoms with Crippen LogP contribution in [0.4, 0.5) is 0 Å². The highest BCUT2D eigenvalue weighted by molar-refractivity contribution is 7.89. The number of rotatable bonds is 5. The van der Waals surface area contributed by atoms with E-state index in [0.29, 0.717) is 5.56 Å². The van der Waals surface area contributed by atoms with Gasteiger partial charge < -0.3 is 11.1 Å². The molecule has 6 nitrogen and oxygen atoms in total. The van der Waals surface area contributed by atoms with Gasteiger partial charge in [-0.05, 0) is 37.6 Å². The van der Waals surface area contributed by atoms with Crippen LogP contribution in [-0.4, -0.2) is 34.0 Å². The number of hydrogen-bond donors (Lipinski definition) is 3. The lowest BCUT2D eigenvalue weighted by atomic mass is 10.1. The molecule has 0 aromatic heterocycles. The summed E-state index contributed by atoms with van der Waals surface area (Å²) in [6.45, 7) is 3.60. The van der Waals surface area contributed by atoms with E-state index in [4.69, 9.17) is 5.73 Å². The number of benzene rings is 1. The van der Waals surface area contributed by atoms with Crippen LogP contribution in [0.2, 0.25) is 0 Å². The van der Waals surface area contributed by atoms with E-state index < -0.39 is 15.9 Å². The lowest BCUT2D eigenvalue weighted by Gasteiger charge is -2.15. The van der Waals surface area contributed by atoms with E-state index in [1.165, 1.54) is 12.1 Å². The first-order valence-corrected chi connectivity index (χ1v) is 8.17. The van der Waals surface area contributed by atoms with Gasteiger partial charge in [-0.2, -0.15) is 0 Å². The van der Waals surface area contributed by atoms with Gasteiger partial charge >= 0.3 is 0 Å². The van der Waals surface area contributed by atoms with E-state index in [9.17, 15) is 13.2 Å². The Hall–Kier alpha value is -1.70. The zero-order valence-electron chi connectivity index (χ0n) is 11.8. The summed E-state index contributed by atoms with van der Waals surface area (Å²) in [5, 5.41) is 3.16. The summed E-state index contributed by atoms with van der Waals surface area (Å²) >= 11 is 0. The predicted molar refractivity (Wildman–Crippen MR) is 80.5 cm³/mol. The highest BCUT2D eigenvalue weighted by Crippen LogP contribution is 2.15. The van der Waals surface area contributed by atoms with Crippen molar-refractivity contribution in [2.75, 3.05) is 19.6 Å². The number of sulfonamides is 1. The molecule has 0 radical (unpaired) electrons. The molecule has 0 bridgehead atoms. The summed E-state index contributed by atoms with van der Waals surface area (Å²) in [5.74, 6) is -0.634. The largest absolute Gasteiger partial charge is 0.366 e. The molecule has 2 rings (SSSR count). The van der Waals surface area contributed by atoms with E-state index in [0.717, 1.165) is 25.1 Å². The number of primary amides is 1. The maximum Gasteiger partial charge on any atom is 0.249 e. The van der Waals surface area contributed by atoms with E-state index in [2.05, 4.69) is 10.0 Å². The van der Waals surface area contributed by atoms with Gasteiger partial charge in [-0.25, -0.2) is 13.1 Å².